The molecule has 4 N–H and O–H groups in total. The van der Waals surface area contributed by atoms with Crippen LogP contribution in [0.25, 0.3) is 0 Å². The van der Waals surface area contributed by atoms with E-state index in [1.54, 1.807) is 11.3 Å². The minimum absolute atomic E-state index is 0.130. The Labute approximate surface area is 123 Å². The summed E-state index contributed by atoms with van der Waals surface area (Å²) >= 11 is 1.69. The SMILES string of the molecule is CC(Nc1cc(NN)nc(C(C)(C)C)n1)c1ccsc1. The highest BCUT2D eigenvalue weighted by Crippen LogP contribution is 2.25. The van der Waals surface area contributed by atoms with Gasteiger partial charge in [0, 0.05) is 11.5 Å². The van der Waals surface area contributed by atoms with Gasteiger partial charge in [-0.1, -0.05) is 20.8 Å². The molecule has 0 fully saturated rings. The Hall–Kier alpha value is -1.66. The lowest BCUT2D eigenvalue weighted by atomic mass is 9.96. The summed E-state index contributed by atoms with van der Waals surface area (Å²) in [6.07, 6.45) is 0. The molecule has 2 heterocycles. The minimum atomic E-state index is -0.130. The van der Waals surface area contributed by atoms with Gasteiger partial charge in [-0.3, -0.25) is 0 Å². The molecule has 0 aliphatic heterocycles. The quantitative estimate of drug-likeness (QED) is 0.595. The predicted octanol–water partition coefficient (Wildman–Crippen LogP) is 3.29. The van der Waals surface area contributed by atoms with Gasteiger partial charge in [0.25, 0.3) is 0 Å². The van der Waals surface area contributed by atoms with Crippen molar-refractivity contribution < 1.29 is 0 Å². The number of nitrogens with two attached hydrogens (primary N) is 1. The highest BCUT2D eigenvalue weighted by molar-refractivity contribution is 7.07. The summed E-state index contributed by atoms with van der Waals surface area (Å²) < 4.78 is 0. The molecule has 2 rings (SSSR count). The Morgan fingerprint density at radius 2 is 1.95 bits per heavy atom. The monoisotopic (exact) mass is 291 g/mol. The smallest absolute Gasteiger partial charge is 0.145 e. The Balaban J connectivity index is 2.27. The van der Waals surface area contributed by atoms with E-state index < -0.39 is 0 Å². The number of thiophene rings is 1. The fourth-order valence-electron chi connectivity index (χ4n) is 1.76. The first-order valence-corrected chi connectivity index (χ1v) is 7.49. The summed E-state index contributed by atoms with van der Waals surface area (Å²) in [5.74, 6) is 7.64. The summed E-state index contributed by atoms with van der Waals surface area (Å²) in [4.78, 5) is 9.00. The molecule has 1 atom stereocenters. The zero-order valence-corrected chi connectivity index (χ0v) is 13.1. The highest BCUT2D eigenvalue weighted by Gasteiger charge is 2.19. The van der Waals surface area contributed by atoms with Gasteiger partial charge >= 0.3 is 0 Å². The van der Waals surface area contributed by atoms with Crippen molar-refractivity contribution in [3.05, 3.63) is 34.3 Å². The molecule has 0 amide bonds. The van der Waals surface area contributed by atoms with Crippen LogP contribution in [0.2, 0.25) is 0 Å². The van der Waals surface area contributed by atoms with E-state index >= 15 is 0 Å². The predicted molar refractivity (Wildman–Crippen MR) is 84.9 cm³/mol. The van der Waals surface area contributed by atoms with Crippen molar-refractivity contribution in [2.75, 3.05) is 10.7 Å². The fraction of sp³-hybridized carbons (Fsp3) is 0.429. The summed E-state index contributed by atoms with van der Waals surface area (Å²) in [5.41, 5.74) is 3.71. The second kappa shape index (κ2) is 5.76. The van der Waals surface area contributed by atoms with Gasteiger partial charge in [0.15, 0.2) is 0 Å². The van der Waals surface area contributed by atoms with Crippen LogP contribution in [0.3, 0.4) is 0 Å². The molecule has 0 aliphatic rings. The number of aromatic nitrogens is 2. The molecule has 5 nitrogen and oxygen atoms in total. The van der Waals surface area contributed by atoms with Gasteiger partial charge in [0.05, 0.1) is 6.04 Å². The number of anilines is 2. The maximum atomic E-state index is 5.49. The molecule has 0 radical (unpaired) electrons. The second-order valence-electron chi connectivity index (χ2n) is 5.78. The van der Waals surface area contributed by atoms with E-state index in [1.807, 2.05) is 6.07 Å². The number of hydrogen-bond acceptors (Lipinski definition) is 6. The van der Waals surface area contributed by atoms with Crippen LogP contribution < -0.4 is 16.6 Å². The van der Waals surface area contributed by atoms with E-state index in [1.165, 1.54) is 5.56 Å². The lowest BCUT2D eigenvalue weighted by molar-refractivity contribution is 0.546. The van der Waals surface area contributed by atoms with E-state index in [0.29, 0.717) is 5.82 Å². The Kier molecular flexibility index (Phi) is 4.25. The lowest BCUT2D eigenvalue weighted by Crippen LogP contribution is -2.20. The van der Waals surface area contributed by atoms with Gasteiger partial charge in [-0.05, 0) is 29.3 Å². The van der Waals surface area contributed by atoms with Crippen molar-refractivity contribution in [3.8, 4) is 0 Å². The summed E-state index contributed by atoms with van der Waals surface area (Å²) in [6, 6.07) is 4.11. The lowest BCUT2D eigenvalue weighted by Gasteiger charge is -2.20. The first kappa shape index (κ1) is 14.7. The Bertz CT molecular complexity index is 559. The first-order chi connectivity index (χ1) is 9.40. The molecule has 1 unspecified atom stereocenters. The molecule has 108 valence electrons. The summed E-state index contributed by atoms with van der Waals surface area (Å²) in [6.45, 7) is 8.34. The maximum Gasteiger partial charge on any atom is 0.145 e. The molecular formula is C14H21N5S. The van der Waals surface area contributed by atoms with Crippen LogP contribution in [0.4, 0.5) is 11.6 Å². The van der Waals surface area contributed by atoms with E-state index in [9.17, 15) is 0 Å². The van der Waals surface area contributed by atoms with Crippen molar-refractivity contribution >= 4 is 23.0 Å². The third-order valence-electron chi connectivity index (χ3n) is 2.95. The van der Waals surface area contributed by atoms with Gasteiger partial charge in [0.1, 0.15) is 17.5 Å². The molecule has 0 aromatic carbocycles. The molecule has 20 heavy (non-hydrogen) atoms. The van der Waals surface area contributed by atoms with E-state index in [4.69, 9.17) is 5.84 Å². The van der Waals surface area contributed by atoms with Crippen LogP contribution in [0.1, 0.15) is 45.1 Å². The van der Waals surface area contributed by atoms with Crippen molar-refractivity contribution in [1.29, 1.82) is 0 Å². The molecular weight excluding hydrogens is 270 g/mol. The van der Waals surface area contributed by atoms with Crippen LogP contribution in [0, 0.1) is 0 Å². The average molecular weight is 291 g/mol. The third kappa shape index (κ3) is 3.46. The maximum absolute atomic E-state index is 5.49. The topological polar surface area (TPSA) is 75.9 Å². The fourth-order valence-corrected chi connectivity index (χ4v) is 2.51. The van der Waals surface area contributed by atoms with Crippen molar-refractivity contribution in [1.82, 2.24) is 9.97 Å². The summed E-state index contributed by atoms with van der Waals surface area (Å²) in [7, 11) is 0. The minimum Gasteiger partial charge on any atom is -0.363 e. The number of hydrazine groups is 1. The van der Waals surface area contributed by atoms with E-state index in [2.05, 4.69) is 65.2 Å². The molecule has 0 saturated carbocycles. The number of nitrogens with one attached hydrogen (secondary N) is 2. The van der Waals surface area contributed by atoms with E-state index in [0.717, 1.165) is 11.6 Å². The largest absolute Gasteiger partial charge is 0.363 e. The third-order valence-corrected chi connectivity index (χ3v) is 3.65. The molecule has 0 aliphatic carbocycles. The second-order valence-corrected chi connectivity index (χ2v) is 6.56. The molecule has 0 spiro atoms. The van der Waals surface area contributed by atoms with Crippen molar-refractivity contribution in [2.45, 2.75) is 39.2 Å². The molecule has 0 bridgehead atoms. The number of nitrogens with zero attached hydrogens (tertiary/aromatic N) is 2. The molecule has 2 aromatic rings. The molecule has 6 heteroatoms. The standard InChI is InChI=1S/C14H21N5S/c1-9(10-5-6-20-8-10)16-11-7-12(19-15)18-13(17-11)14(2,3)4/h5-9H,15H2,1-4H3,(H2,16,17,18,19). The highest BCUT2D eigenvalue weighted by atomic mass is 32.1. The summed E-state index contributed by atoms with van der Waals surface area (Å²) in [5, 5.41) is 7.59. The van der Waals surface area contributed by atoms with Gasteiger partial charge in [-0.2, -0.15) is 11.3 Å². The van der Waals surface area contributed by atoms with Crippen LogP contribution in [0.15, 0.2) is 22.9 Å². The van der Waals surface area contributed by atoms with Gasteiger partial charge in [-0.15, -0.1) is 0 Å². The Morgan fingerprint density at radius 1 is 1.25 bits per heavy atom. The zero-order valence-electron chi connectivity index (χ0n) is 12.3. The van der Waals surface area contributed by atoms with Crippen molar-refractivity contribution in [2.24, 2.45) is 5.84 Å². The molecule has 2 aromatic heterocycles. The number of hydrogen-bond donors (Lipinski definition) is 3. The Morgan fingerprint density at radius 3 is 2.50 bits per heavy atom. The average Bonchev–Trinajstić information content (AvgIpc) is 2.91. The number of rotatable bonds is 4. The molecule has 0 saturated heterocycles. The van der Waals surface area contributed by atoms with Crippen LogP contribution in [-0.2, 0) is 5.41 Å². The van der Waals surface area contributed by atoms with Crippen LogP contribution in [-0.4, -0.2) is 9.97 Å². The van der Waals surface area contributed by atoms with Crippen molar-refractivity contribution in [3.63, 3.8) is 0 Å². The number of nitrogen functional groups attached to an aromatic ring is 1. The zero-order chi connectivity index (χ0) is 14.8. The van der Waals surface area contributed by atoms with Crippen LogP contribution in [0.5, 0.6) is 0 Å². The van der Waals surface area contributed by atoms with Gasteiger partial charge < -0.3 is 10.7 Å². The van der Waals surface area contributed by atoms with Crippen LogP contribution >= 0.6 is 11.3 Å². The normalized spacial score (nSPS) is 13.1. The van der Waals surface area contributed by atoms with Gasteiger partial charge in [0.2, 0.25) is 0 Å². The van der Waals surface area contributed by atoms with E-state index in [-0.39, 0.29) is 11.5 Å². The van der Waals surface area contributed by atoms with Gasteiger partial charge in [-0.25, -0.2) is 15.8 Å². The first-order valence-electron chi connectivity index (χ1n) is 6.55.